The summed E-state index contributed by atoms with van der Waals surface area (Å²) in [6.45, 7) is 6.99. The molecule has 2 atom stereocenters. The first-order valence-corrected chi connectivity index (χ1v) is 6.19. The minimum Gasteiger partial charge on any atom is -0.381 e. The maximum Gasteiger partial charge on any atom is 0.224 e. The van der Waals surface area contributed by atoms with Crippen LogP contribution in [0.4, 0.5) is 0 Å². The van der Waals surface area contributed by atoms with Crippen LogP contribution in [0.5, 0.6) is 0 Å². The lowest BCUT2D eigenvalue weighted by atomic mass is 9.96. The van der Waals surface area contributed by atoms with Crippen molar-refractivity contribution in [1.82, 2.24) is 5.32 Å². The van der Waals surface area contributed by atoms with Gasteiger partial charge in [0, 0.05) is 25.6 Å². The Kier molecular flexibility index (Phi) is 5.77. The van der Waals surface area contributed by atoms with E-state index in [4.69, 9.17) is 10.5 Å². The molecule has 4 nitrogen and oxygen atoms in total. The first-order chi connectivity index (χ1) is 7.63. The minimum absolute atomic E-state index is 0.0395. The lowest BCUT2D eigenvalue weighted by molar-refractivity contribution is -0.125. The van der Waals surface area contributed by atoms with E-state index in [1.165, 1.54) is 0 Å². The summed E-state index contributed by atoms with van der Waals surface area (Å²) in [6.07, 6.45) is 1.92. The smallest absolute Gasteiger partial charge is 0.224 e. The van der Waals surface area contributed by atoms with Crippen molar-refractivity contribution in [3.8, 4) is 0 Å². The molecule has 1 aliphatic heterocycles. The maximum atomic E-state index is 11.8. The average Bonchev–Trinajstić information content (AvgIpc) is 2.75. The lowest BCUT2D eigenvalue weighted by Crippen LogP contribution is -2.38. The highest BCUT2D eigenvalue weighted by molar-refractivity contribution is 5.78. The van der Waals surface area contributed by atoms with Crippen molar-refractivity contribution >= 4 is 5.91 Å². The Morgan fingerprint density at radius 2 is 2.31 bits per heavy atom. The first kappa shape index (κ1) is 13.5. The molecule has 0 aromatic heterocycles. The quantitative estimate of drug-likeness (QED) is 0.705. The van der Waals surface area contributed by atoms with Crippen molar-refractivity contribution < 1.29 is 9.53 Å². The highest BCUT2D eigenvalue weighted by Crippen LogP contribution is 2.13. The number of carbonyl (C=O) groups is 1. The Bertz CT molecular complexity index is 213. The van der Waals surface area contributed by atoms with E-state index < -0.39 is 0 Å². The minimum atomic E-state index is -0.0395. The first-order valence-electron chi connectivity index (χ1n) is 6.19. The van der Waals surface area contributed by atoms with Crippen LogP contribution in [-0.4, -0.2) is 32.2 Å². The number of rotatable bonds is 6. The van der Waals surface area contributed by atoms with E-state index in [1.807, 2.05) is 0 Å². The molecule has 3 N–H and O–H groups in total. The van der Waals surface area contributed by atoms with E-state index in [2.05, 4.69) is 19.2 Å². The molecule has 1 rings (SSSR count). The third-order valence-electron chi connectivity index (χ3n) is 3.00. The molecule has 0 saturated carbocycles. The molecule has 0 spiro atoms. The second-order valence-electron chi connectivity index (χ2n) is 5.04. The van der Waals surface area contributed by atoms with Crippen LogP contribution >= 0.6 is 0 Å². The van der Waals surface area contributed by atoms with Crippen LogP contribution in [0.1, 0.15) is 26.7 Å². The molecule has 0 radical (unpaired) electrons. The fourth-order valence-electron chi connectivity index (χ4n) is 2.01. The Balaban J connectivity index is 2.25. The van der Waals surface area contributed by atoms with Gasteiger partial charge >= 0.3 is 0 Å². The molecule has 1 heterocycles. The Morgan fingerprint density at radius 3 is 2.81 bits per heavy atom. The van der Waals surface area contributed by atoms with Gasteiger partial charge in [0.1, 0.15) is 0 Å². The molecular formula is C12H24N2O2. The summed E-state index contributed by atoms with van der Waals surface area (Å²) in [7, 11) is 0. The van der Waals surface area contributed by atoms with Crippen molar-refractivity contribution in [2.24, 2.45) is 23.5 Å². The van der Waals surface area contributed by atoms with Gasteiger partial charge in [0.15, 0.2) is 0 Å². The Morgan fingerprint density at radius 1 is 1.56 bits per heavy atom. The standard InChI is InChI=1S/C12H24N2O2/c1-9(2)5-11(6-13)12(15)14-7-10-3-4-16-8-10/h9-11H,3-8,13H2,1-2H3,(H,14,15). The van der Waals surface area contributed by atoms with Gasteiger partial charge in [-0.25, -0.2) is 0 Å². The van der Waals surface area contributed by atoms with Gasteiger partial charge in [-0.05, 0) is 18.8 Å². The van der Waals surface area contributed by atoms with E-state index in [1.54, 1.807) is 0 Å². The number of hydrogen-bond donors (Lipinski definition) is 2. The van der Waals surface area contributed by atoms with Gasteiger partial charge in [-0.15, -0.1) is 0 Å². The van der Waals surface area contributed by atoms with E-state index >= 15 is 0 Å². The molecule has 1 amide bonds. The van der Waals surface area contributed by atoms with E-state index in [0.717, 1.165) is 32.6 Å². The van der Waals surface area contributed by atoms with Gasteiger partial charge < -0.3 is 15.8 Å². The van der Waals surface area contributed by atoms with Gasteiger partial charge in [-0.1, -0.05) is 13.8 Å². The Hall–Kier alpha value is -0.610. The number of nitrogens with two attached hydrogens (primary N) is 1. The Labute approximate surface area is 97.9 Å². The lowest BCUT2D eigenvalue weighted by Gasteiger charge is -2.18. The van der Waals surface area contributed by atoms with Gasteiger partial charge in [0.05, 0.1) is 12.5 Å². The van der Waals surface area contributed by atoms with E-state index in [-0.39, 0.29) is 11.8 Å². The van der Waals surface area contributed by atoms with Gasteiger partial charge in [0.25, 0.3) is 0 Å². The van der Waals surface area contributed by atoms with Crippen molar-refractivity contribution in [2.75, 3.05) is 26.3 Å². The summed E-state index contributed by atoms with van der Waals surface area (Å²) in [5, 5.41) is 2.98. The zero-order valence-electron chi connectivity index (χ0n) is 10.4. The van der Waals surface area contributed by atoms with Crippen molar-refractivity contribution in [3.05, 3.63) is 0 Å². The van der Waals surface area contributed by atoms with Crippen LogP contribution in [0.2, 0.25) is 0 Å². The van der Waals surface area contributed by atoms with Crippen LogP contribution in [-0.2, 0) is 9.53 Å². The third-order valence-corrected chi connectivity index (χ3v) is 3.00. The number of hydrogen-bond acceptors (Lipinski definition) is 3. The summed E-state index contributed by atoms with van der Waals surface area (Å²) in [6, 6.07) is 0. The maximum absolute atomic E-state index is 11.8. The van der Waals surface area contributed by atoms with E-state index in [0.29, 0.717) is 18.4 Å². The third kappa shape index (κ3) is 4.49. The summed E-state index contributed by atoms with van der Waals surface area (Å²) in [5.74, 6) is 1.06. The summed E-state index contributed by atoms with van der Waals surface area (Å²) in [4.78, 5) is 11.8. The zero-order chi connectivity index (χ0) is 12.0. The number of amides is 1. The summed E-state index contributed by atoms with van der Waals surface area (Å²) < 4.78 is 5.26. The molecule has 1 saturated heterocycles. The fraction of sp³-hybridized carbons (Fsp3) is 0.917. The largest absolute Gasteiger partial charge is 0.381 e. The second kappa shape index (κ2) is 6.86. The highest BCUT2D eigenvalue weighted by atomic mass is 16.5. The van der Waals surface area contributed by atoms with Crippen LogP contribution in [0.25, 0.3) is 0 Å². The predicted molar refractivity (Wildman–Crippen MR) is 63.9 cm³/mol. The van der Waals surface area contributed by atoms with Gasteiger partial charge in [0.2, 0.25) is 5.91 Å². The summed E-state index contributed by atoms with van der Waals surface area (Å²) in [5.41, 5.74) is 5.62. The molecule has 4 heteroatoms. The van der Waals surface area contributed by atoms with Crippen LogP contribution in [0.15, 0.2) is 0 Å². The molecule has 94 valence electrons. The molecular weight excluding hydrogens is 204 g/mol. The molecule has 0 bridgehead atoms. The molecule has 16 heavy (non-hydrogen) atoms. The van der Waals surface area contributed by atoms with Crippen molar-refractivity contribution in [2.45, 2.75) is 26.7 Å². The van der Waals surface area contributed by atoms with Gasteiger partial charge in [-0.2, -0.15) is 0 Å². The van der Waals surface area contributed by atoms with Crippen LogP contribution in [0.3, 0.4) is 0 Å². The normalized spacial score (nSPS) is 22.4. The molecule has 0 aromatic rings. The fourth-order valence-corrected chi connectivity index (χ4v) is 2.01. The molecule has 0 aromatic carbocycles. The average molecular weight is 228 g/mol. The SMILES string of the molecule is CC(C)CC(CN)C(=O)NCC1CCOC1. The van der Waals surface area contributed by atoms with Crippen molar-refractivity contribution in [3.63, 3.8) is 0 Å². The predicted octanol–water partition coefficient (Wildman–Crippen LogP) is 0.760. The number of carbonyl (C=O) groups excluding carboxylic acids is 1. The topological polar surface area (TPSA) is 64.4 Å². The van der Waals surface area contributed by atoms with E-state index in [9.17, 15) is 4.79 Å². The number of ether oxygens (including phenoxy) is 1. The van der Waals surface area contributed by atoms with Crippen LogP contribution < -0.4 is 11.1 Å². The zero-order valence-corrected chi connectivity index (χ0v) is 10.4. The molecule has 0 aliphatic carbocycles. The molecule has 1 fully saturated rings. The molecule has 2 unspecified atom stereocenters. The summed E-state index contributed by atoms with van der Waals surface area (Å²) >= 11 is 0. The monoisotopic (exact) mass is 228 g/mol. The number of nitrogens with one attached hydrogen (secondary N) is 1. The van der Waals surface area contributed by atoms with Gasteiger partial charge in [-0.3, -0.25) is 4.79 Å². The second-order valence-corrected chi connectivity index (χ2v) is 5.04. The molecule has 1 aliphatic rings. The van der Waals surface area contributed by atoms with Crippen molar-refractivity contribution in [1.29, 1.82) is 0 Å². The van der Waals surface area contributed by atoms with Crippen LogP contribution in [0, 0.1) is 17.8 Å². The highest BCUT2D eigenvalue weighted by Gasteiger charge is 2.21.